The highest BCUT2D eigenvalue weighted by Gasteiger charge is 2.19. The van der Waals surface area contributed by atoms with Crippen molar-refractivity contribution in [3.63, 3.8) is 0 Å². The van der Waals surface area contributed by atoms with Crippen LogP contribution in [0.15, 0.2) is 34.9 Å². The maximum absolute atomic E-state index is 12.7. The highest BCUT2D eigenvalue weighted by atomic mass is 79.9. The van der Waals surface area contributed by atoms with Gasteiger partial charge in [0.1, 0.15) is 5.82 Å². The van der Waals surface area contributed by atoms with Gasteiger partial charge in [-0.25, -0.2) is 4.98 Å². The van der Waals surface area contributed by atoms with Crippen molar-refractivity contribution >= 4 is 44.9 Å². The van der Waals surface area contributed by atoms with Gasteiger partial charge in [-0.05, 0) is 70.4 Å². The number of carbonyl (C=O) groups excluding carboxylic acids is 1. The van der Waals surface area contributed by atoms with Gasteiger partial charge in [0.2, 0.25) is 0 Å². The van der Waals surface area contributed by atoms with Crippen molar-refractivity contribution in [1.29, 1.82) is 0 Å². The zero-order chi connectivity index (χ0) is 20.1. The molecule has 5 nitrogen and oxygen atoms in total. The average Bonchev–Trinajstić information content (AvgIpc) is 2.69. The standard InChI is InChI=1S/C21H25BrClN3O2/c1-13(2)16-10-20(26-15-3-4-18(22)19(23)9-15)24-12-17(16)21(27)25-11-14-5-7-28-8-6-14/h3-4,9-10,12-14H,5-8,11H2,1-2H3,(H,24,26)(H,25,27). The molecule has 1 aromatic heterocycles. The van der Waals surface area contributed by atoms with E-state index < -0.39 is 0 Å². The van der Waals surface area contributed by atoms with Gasteiger partial charge in [-0.3, -0.25) is 4.79 Å². The fourth-order valence-electron chi connectivity index (χ4n) is 3.21. The summed E-state index contributed by atoms with van der Waals surface area (Å²) in [6.07, 6.45) is 3.64. The van der Waals surface area contributed by atoms with Crippen LogP contribution in [0.2, 0.25) is 5.02 Å². The molecule has 1 aliphatic rings. The summed E-state index contributed by atoms with van der Waals surface area (Å²) in [5.74, 6) is 1.29. The van der Waals surface area contributed by atoms with E-state index in [4.69, 9.17) is 16.3 Å². The number of carbonyl (C=O) groups is 1. The van der Waals surface area contributed by atoms with E-state index in [2.05, 4.69) is 45.4 Å². The first-order chi connectivity index (χ1) is 13.4. The number of ether oxygens (including phenoxy) is 1. The third kappa shape index (κ3) is 5.46. The molecule has 2 heterocycles. The molecule has 28 heavy (non-hydrogen) atoms. The summed E-state index contributed by atoms with van der Waals surface area (Å²) in [4.78, 5) is 17.2. The van der Waals surface area contributed by atoms with Crippen molar-refractivity contribution in [2.45, 2.75) is 32.6 Å². The molecule has 1 fully saturated rings. The number of hydrogen-bond donors (Lipinski definition) is 2. The average molecular weight is 467 g/mol. The zero-order valence-corrected chi connectivity index (χ0v) is 18.4. The van der Waals surface area contributed by atoms with Crippen LogP contribution in [0.4, 0.5) is 11.5 Å². The molecule has 3 rings (SSSR count). The number of benzene rings is 1. The van der Waals surface area contributed by atoms with E-state index in [1.807, 2.05) is 24.3 Å². The van der Waals surface area contributed by atoms with Crippen LogP contribution in [-0.4, -0.2) is 30.6 Å². The summed E-state index contributed by atoms with van der Waals surface area (Å²) < 4.78 is 6.22. The molecule has 0 saturated carbocycles. The topological polar surface area (TPSA) is 63.2 Å². The van der Waals surface area contributed by atoms with Crippen LogP contribution < -0.4 is 10.6 Å². The molecule has 2 aromatic rings. The zero-order valence-electron chi connectivity index (χ0n) is 16.1. The molecule has 0 spiro atoms. The minimum Gasteiger partial charge on any atom is -0.381 e. The number of rotatable bonds is 6. The monoisotopic (exact) mass is 465 g/mol. The maximum atomic E-state index is 12.7. The number of nitrogens with one attached hydrogen (secondary N) is 2. The molecule has 0 radical (unpaired) electrons. The van der Waals surface area contributed by atoms with Crippen LogP contribution >= 0.6 is 27.5 Å². The second-order valence-corrected chi connectivity index (χ2v) is 8.59. The fraction of sp³-hybridized carbons (Fsp3) is 0.429. The van der Waals surface area contributed by atoms with Crippen LogP contribution in [0.1, 0.15) is 48.5 Å². The molecule has 2 N–H and O–H groups in total. The third-order valence-corrected chi connectivity index (χ3v) is 6.12. The summed E-state index contributed by atoms with van der Waals surface area (Å²) in [5.41, 5.74) is 2.43. The van der Waals surface area contributed by atoms with Crippen LogP contribution in [0.25, 0.3) is 0 Å². The number of hydrogen-bond acceptors (Lipinski definition) is 4. The lowest BCUT2D eigenvalue weighted by atomic mass is 9.97. The second kappa shape index (κ2) is 9.72. The Morgan fingerprint density at radius 1 is 1.32 bits per heavy atom. The number of amides is 1. The first kappa shape index (κ1) is 21.1. The Balaban J connectivity index is 1.72. The molecular formula is C21H25BrClN3O2. The molecule has 0 unspecified atom stereocenters. The molecule has 1 aromatic carbocycles. The van der Waals surface area contributed by atoms with E-state index in [1.165, 1.54) is 0 Å². The lowest BCUT2D eigenvalue weighted by Crippen LogP contribution is -2.32. The van der Waals surface area contributed by atoms with Gasteiger partial charge in [-0.1, -0.05) is 25.4 Å². The van der Waals surface area contributed by atoms with Crippen LogP contribution in [-0.2, 0) is 4.74 Å². The lowest BCUT2D eigenvalue weighted by Gasteiger charge is -2.22. The molecular weight excluding hydrogens is 442 g/mol. The molecule has 0 atom stereocenters. The Hall–Kier alpha value is -1.63. The normalized spacial score (nSPS) is 14.9. The van der Waals surface area contributed by atoms with Crippen LogP contribution in [0.5, 0.6) is 0 Å². The van der Waals surface area contributed by atoms with E-state index in [9.17, 15) is 4.79 Å². The van der Waals surface area contributed by atoms with Crippen LogP contribution in [0.3, 0.4) is 0 Å². The van der Waals surface area contributed by atoms with Crippen molar-refractivity contribution in [2.24, 2.45) is 5.92 Å². The van der Waals surface area contributed by atoms with Crippen molar-refractivity contribution in [3.05, 3.63) is 51.1 Å². The Morgan fingerprint density at radius 3 is 2.75 bits per heavy atom. The quantitative estimate of drug-likeness (QED) is 0.588. The van der Waals surface area contributed by atoms with Gasteiger partial charge < -0.3 is 15.4 Å². The molecule has 7 heteroatoms. The van der Waals surface area contributed by atoms with Gasteiger partial charge in [0.25, 0.3) is 5.91 Å². The van der Waals surface area contributed by atoms with Crippen molar-refractivity contribution in [2.75, 3.05) is 25.1 Å². The van der Waals surface area contributed by atoms with E-state index in [0.29, 0.717) is 28.9 Å². The number of anilines is 2. The fourth-order valence-corrected chi connectivity index (χ4v) is 3.64. The predicted molar refractivity (Wildman–Crippen MR) is 117 cm³/mol. The van der Waals surface area contributed by atoms with Gasteiger partial charge in [0.05, 0.1) is 10.6 Å². The largest absolute Gasteiger partial charge is 0.381 e. The number of aromatic nitrogens is 1. The number of pyridine rings is 1. The molecule has 1 aliphatic heterocycles. The minimum absolute atomic E-state index is 0.0686. The Labute approximate surface area is 179 Å². The molecule has 150 valence electrons. The molecule has 1 saturated heterocycles. The first-order valence-corrected chi connectivity index (χ1v) is 10.7. The van der Waals surface area contributed by atoms with Gasteiger partial charge in [0, 0.05) is 36.1 Å². The van der Waals surface area contributed by atoms with Gasteiger partial charge >= 0.3 is 0 Å². The van der Waals surface area contributed by atoms with E-state index >= 15 is 0 Å². The summed E-state index contributed by atoms with van der Waals surface area (Å²) >= 11 is 9.55. The van der Waals surface area contributed by atoms with Crippen molar-refractivity contribution in [1.82, 2.24) is 10.3 Å². The van der Waals surface area contributed by atoms with Gasteiger partial charge in [-0.2, -0.15) is 0 Å². The summed E-state index contributed by atoms with van der Waals surface area (Å²) in [6, 6.07) is 7.56. The van der Waals surface area contributed by atoms with E-state index in [-0.39, 0.29) is 11.8 Å². The maximum Gasteiger partial charge on any atom is 0.253 e. The van der Waals surface area contributed by atoms with Gasteiger partial charge in [-0.15, -0.1) is 0 Å². The molecule has 1 amide bonds. The summed E-state index contributed by atoms with van der Waals surface area (Å²) in [6.45, 7) is 6.38. The first-order valence-electron chi connectivity index (χ1n) is 9.52. The minimum atomic E-state index is -0.0686. The molecule has 0 bridgehead atoms. The number of nitrogens with zero attached hydrogens (tertiary/aromatic N) is 1. The van der Waals surface area contributed by atoms with Crippen molar-refractivity contribution < 1.29 is 9.53 Å². The highest BCUT2D eigenvalue weighted by Crippen LogP contribution is 2.28. The Bertz CT molecular complexity index is 838. The molecule has 0 aliphatic carbocycles. The van der Waals surface area contributed by atoms with Crippen LogP contribution in [0, 0.1) is 5.92 Å². The Kier molecular flexibility index (Phi) is 7.32. The predicted octanol–water partition coefficient (Wildman–Crippen LogP) is 5.52. The number of halogens is 2. The summed E-state index contributed by atoms with van der Waals surface area (Å²) in [5, 5.41) is 6.95. The Morgan fingerprint density at radius 2 is 2.07 bits per heavy atom. The second-order valence-electron chi connectivity index (χ2n) is 7.33. The smallest absolute Gasteiger partial charge is 0.253 e. The highest BCUT2D eigenvalue weighted by molar-refractivity contribution is 9.10. The lowest BCUT2D eigenvalue weighted by molar-refractivity contribution is 0.0642. The SMILES string of the molecule is CC(C)c1cc(Nc2ccc(Br)c(Cl)c2)ncc1C(=O)NCC1CCOCC1. The van der Waals surface area contributed by atoms with E-state index in [0.717, 1.165) is 41.8 Å². The third-order valence-electron chi connectivity index (χ3n) is 4.89. The van der Waals surface area contributed by atoms with Crippen molar-refractivity contribution in [3.8, 4) is 0 Å². The summed E-state index contributed by atoms with van der Waals surface area (Å²) in [7, 11) is 0. The van der Waals surface area contributed by atoms with Gasteiger partial charge in [0.15, 0.2) is 0 Å². The van der Waals surface area contributed by atoms with E-state index in [1.54, 1.807) is 6.20 Å².